The summed E-state index contributed by atoms with van der Waals surface area (Å²) in [6.07, 6.45) is 4.82. The van der Waals surface area contributed by atoms with Crippen LogP contribution in [0, 0.1) is 6.92 Å². The fourth-order valence-electron chi connectivity index (χ4n) is 1.66. The van der Waals surface area contributed by atoms with Crippen LogP contribution in [0.5, 0.6) is 0 Å². The molecule has 104 valence electrons. The van der Waals surface area contributed by atoms with E-state index in [0.29, 0.717) is 0 Å². The van der Waals surface area contributed by atoms with Crippen LogP contribution in [-0.2, 0) is 20.9 Å². The molecule has 0 radical (unpaired) electrons. The maximum atomic E-state index is 12.1. The molecule has 0 aliphatic rings. The molecule has 0 saturated carbocycles. The first-order valence-corrected chi connectivity index (χ1v) is 7.45. The molecule has 1 aromatic heterocycles. The van der Waals surface area contributed by atoms with Crippen molar-refractivity contribution < 1.29 is 12.6 Å². The van der Waals surface area contributed by atoms with Gasteiger partial charge in [-0.3, -0.25) is 9.17 Å². The van der Waals surface area contributed by atoms with E-state index in [-0.39, 0.29) is 11.5 Å². The highest BCUT2D eigenvalue weighted by molar-refractivity contribution is 7.86. The summed E-state index contributed by atoms with van der Waals surface area (Å²) in [7, 11) is -3.75. The fourth-order valence-corrected chi connectivity index (χ4v) is 2.55. The molecule has 20 heavy (non-hydrogen) atoms. The number of hydrogen-bond acceptors (Lipinski definition) is 4. The molecule has 0 aliphatic carbocycles. The van der Waals surface area contributed by atoms with E-state index in [9.17, 15) is 8.42 Å². The zero-order valence-corrected chi connectivity index (χ0v) is 11.9. The second kappa shape index (κ2) is 5.98. The Hall–Kier alpha value is -1.98. The molecule has 0 spiro atoms. The van der Waals surface area contributed by atoms with Crippen molar-refractivity contribution in [2.24, 2.45) is 0 Å². The van der Waals surface area contributed by atoms with Gasteiger partial charge in [0.2, 0.25) is 0 Å². The van der Waals surface area contributed by atoms with Crippen LogP contribution in [0.25, 0.3) is 6.08 Å². The van der Waals surface area contributed by atoms with E-state index in [1.807, 2.05) is 6.92 Å². The monoisotopic (exact) mass is 289 g/mol. The lowest BCUT2D eigenvalue weighted by atomic mass is 10.1. The fraction of sp³-hybridized carbons (Fsp3) is 0.133. The molecule has 1 heterocycles. The molecule has 0 atom stereocenters. The van der Waals surface area contributed by atoms with Crippen molar-refractivity contribution in [1.29, 1.82) is 0 Å². The van der Waals surface area contributed by atoms with Crippen molar-refractivity contribution in [3.8, 4) is 0 Å². The van der Waals surface area contributed by atoms with Crippen LogP contribution in [0.3, 0.4) is 0 Å². The number of benzene rings is 1. The van der Waals surface area contributed by atoms with Gasteiger partial charge in [0.25, 0.3) is 10.1 Å². The molecule has 2 aromatic rings. The van der Waals surface area contributed by atoms with E-state index in [1.165, 1.54) is 12.1 Å². The number of hydrogen-bond donors (Lipinski definition) is 0. The molecular formula is C15H15NO3S. The number of rotatable bonds is 5. The first-order valence-electron chi connectivity index (χ1n) is 6.04. The Kier molecular flexibility index (Phi) is 4.32. The van der Waals surface area contributed by atoms with Gasteiger partial charge < -0.3 is 0 Å². The van der Waals surface area contributed by atoms with E-state index >= 15 is 0 Å². The van der Waals surface area contributed by atoms with Crippen molar-refractivity contribution in [2.75, 3.05) is 0 Å². The largest absolute Gasteiger partial charge is 0.297 e. The van der Waals surface area contributed by atoms with E-state index in [2.05, 4.69) is 11.6 Å². The van der Waals surface area contributed by atoms with Gasteiger partial charge in [0.15, 0.2) is 0 Å². The minimum Gasteiger partial charge on any atom is -0.264 e. The van der Waals surface area contributed by atoms with Crippen LogP contribution in [0.2, 0.25) is 0 Å². The maximum absolute atomic E-state index is 12.1. The molecule has 5 heteroatoms. The van der Waals surface area contributed by atoms with Crippen LogP contribution in [0.4, 0.5) is 0 Å². The summed E-state index contributed by atoms with van der Waals surface area (Å²) in [6, 6.07) is 8.24. The Morgan fingerprint density at radius 2 is 1.95 bits per heavy atom. The summed E-state index contributed by atoms with van der Waals surface area (Å²) in [5.41, 5.74) is 2.48. The molecule has 4 nitrogen and oxygen atoms in total. The van der Waals surface area contributed by atoms with E-state index in [4.69, 9.17) is 4.18 Å². The average molecular weight is 289 g/mol. The Balaban J connectivity index is 2.17. The van der Waals surface area contributed by atoms with E-state index in [1.54, 1.807) is 36.7 Å². The van der Waals surface area contributed by atoms with Crippen LogP contribution in [0.1, 0.15) is 16.7 Å². The van der Waals surface area contributed by atoms with Crippen LogP contribution in [-0.4, -0.2) is 13.4 Å². The molecule has 0 fully saturated rings. The highest BCUT2D eigenvalue weighted by Gasteiger charge is 2.15. The molecule has 0 aliphatic heterocycles. The van der Waals surface area contributed by atoms with Gasteiger partial charge in [0.05, 0.1) is 11.5 Å². The molecule has 2 rings (SSSR count). The van der Waals surface area contributed by atoms with Gasteiger partial charge in [-0.15, -0.1) is 0 Å². The first kappa shape index (κ1) is 14.4. The van der Waals surface area contributed by atoms with Crippen LogP contribution >= 0.6 is 0 Å². The zero-order chi connectivity index (χ0) is 14.6. The molecule has 0 bridgehead atoms. The van der Waals surface area contributed by atoms with E-state index < -0.39 is 10.1 Å². The molecular weight excluding hydrogens is 274 g/mol. The second-order valence-electron chi connectivity index (χ2n) is 4.31. The Labute approximate surface area is 118 Å². The first-order chi connectivity index (χ1) is 9.53. The van der Waals surface area contributed by atoms with Gasteiger partial charge in [-0.2, -0.15) is 8.42 Å². The standard InChI is InChI=1S/C15H15NO3S/c1-3-13-10-16-9-8-14(13)11-19-20(17,18)15-6-4-12(2)5-7-15/h3-10H,1,11H2,2H3. The summed E-state index contributed by atoms with van der Waals surface area (Å²) in [5.74, 6) is 0. The molecule has 0 N–H and O–H groups in total. The SMILES string of the molecule is C=Cc1cnccc1COS(=O)(=O)c1ccc(C)cc1. The maximum Gasteiger partial charge on any atom is 0.297 e. The summed E-state index contributed by atoms with van der Waals surface area (Å²) >= 11 is 0. The predicted molar refractivity (Wildman–Crippen MR) is 77.5 cm³/mol. The number of aromatic nitrogens is 1. The summed E-state index contributed by atoms with van der Waals surface area (Å²) < 4.78 is 29.2. The van der Waals surface area contributed by atoms with Crippen molar-refractivity contribution in [3.63, 3.8) is 0 Å². The van der Waals surface area contributed by atoms with Gasteiger partial charge in [-0.25, -0.2) is 0 Å². The predicted octanol–water partition coefficient (Wildman–Crippen LogP) is 2.94. The van der Waals surface area contributed by atoms with Gasteiger partial charge in [0.1, 0.15) is 0 Å². The lowest BCUT2D eigenvalue weighted by molar-refractivity contribution is 0.307. The minimum atomic E-state index is -3.75. The van der Waals surface area contributed by atoms with Gasteiger partial charge in [-0.1, -0.05) is 30.4 Å². The van der Waals surface area contributed by atoms with Crippen LogP contribution in [0.15, 0.2) is 54.2 Å². The quantitative estimate of drug-likeness (QED) is 0.794. The summed E-state index contributed by atoms with van der Waals surface area (Å²) in [6.45, 7) is 5.51. The van der Waals surface area contributed by atoms with Gasteiger partial charge in [0, 0.05) is 12.4 Å². The normalized spacial score (nSPS) is 11.2. The average Bonchev–Trinajstić information content (AvgIpc) is 2.46. The van der Waals surface area contributed by atoms with Crippen molar-refractivity contribution in [2.45, 2.75) is 18.4 Å². The van der Waals surface area contributed by atoms with Gasteiger partial charge >= 0.3 is 0 Å². The van der Waals surface area contributed by atoms with Crippen molar-refractivity contribution in [1.82, 2.24) is 4.98 Å². The van der Waals surface area contributed by atoms with Crippen LogP contribution < -0.4 is 0 Å². The topological polar surface area (TPSA) is 56.3 Å². The Bertz CT molecular complexity index is 706. The lowest BCUT2D eigenvalue weighted by Crippen LogP contribution is -2.07. The zero-order valence-electron chi connectivity index (χ0n) is 11.1. The highest BCUT2D eigenvalue weighted by atomic mass is 32.2. The molecule has 0 saturated heterocycles. The third kappa shape index (κ3) is 3.31. The Morgan fingerprint density at radius 3 is 2.60 bits per heavy atom. The summed E-state index contributed by atoms with van der Waals surface area (Å²) in [5, 5.41) is 0. The molecule has 0 unspecified atom stereocenters. The smallest absolute Gasteiger partial charge is 0.264 e. The molecule has 0 amide bonds. The highest BCUT2D eigenvalue weighted by Crippen LogP contribution is 2.17. The third-order valence-electron chi connectivity index (χ3n) is 2.85. The Morgan fingerprint density at radius 1 is 1.25 bits per heavy atom. The molecule has 1 aromatic carbocycles. The van der Waals surface area contributed by atoms with Gasteiger partial charge in [-0.05, 0) is 36.2 Å². The minimum absolute atomic E-state index is 0.0416. The number of pyridine rings is 1. The lowest BCUT2D eigenvalue weighted by Gasteiger charge is -2.08. The number of nitrogens with zero attached hydrogens (tertiary/aromatic N) is 1. The summed E-state index contributed by atoms with van der Waals surface area (Å²) in [4.78, 5) is 4.10. The van der Waals surface area contributed by atoms with E-state index in [0.717, 1.165) is 16.7 Å². The number of aryl methyl sites for hydroxylation is 1. The second-order valence-corrected chi connectivity index (χ2v) is 5.92. The third-order valence-corrected chi connectivity index (χ3v) is 4.12. The van der Waals surface area contributed by atoms with Crippen molar-refractivity contribution >= 4 is 16.2 Å². The van der Waals surface area contributed by atoms with Crippen molar-refractivity contribution in [3.05, 3.63) is 66.0 Å².